The SMILES string of the molecule is Cc1c(NC(=O)C(C)N2C[C@@H](N)[C@H](c3ccccc3)C2)cccc1[N+](=O)[O-].Cl. The van der Waals surface area contributed by atoms with Crippen LogP contribution >= 0.6 is 12.4 Å². The van der Waals surface area contributed by atoms with Crippen LogP contribution in [0.4, 0.5) is 11.4 Å². The Morgan fingerprint density at radius 2 is 1.89 bits per heavy atom. The van der Waals surface area contributed by atoms with Crippen molar-refractivity contribution in [2.75, 3.05) is 18.4 Å². The van der Waals surface area contributed by atoms with Gasteiger partial charge in [-0.15, -0.1) is 12.4 Å². The van der Waals surface area contributed by atoms with Crippen molar-refractivity contribution in [2.24, 2.45) is 5.73 Å². The molecule has 28 heavy (non-hydrogen) atoms. The highest BCUT2D eigenvalue weighted by Gasteiger charge is 2.35. The Morgan fingerprint density at radius 3 is 2.54 bits per heavy atom. The van der Waals surface area contributed by atoms with Crippen molar-refractivity contribution in [3.63, 3.8) is 0 Å². The first kappa shape index (κ1) is 21.8. The first-order chi connectivity index (χ1) is 12.9. The molecular formula is C20H25ClN4O3. The molecule has 3 atom stereocenters. The van der Waals surface area contributed by atoms with E-state index in [1.807, 2.05) is 25.1 Å². The normalized spacial score (nSPS) is 20.2. The van der Waals surface area contributed by atoms with Crippen LogP contribution in [0.15, 0.2) is 48.5 Å². The lowest BCUT2D eigenvalue weighted by Crippen LogP contribution is -2.41. The van der Waals surface area contributed by atoms with Crippen molar-refractivity contribution < 1.29 is 9.72 Å². The first-order valence-electron chi connectivity index (χ1n) is 8.98. The Labute approximate surface area is 170 Å². The number of nitro groups is 1. The van der Waals surface area contributed by atoms with Crippen LogP contribution in [0.2, 0.25) is 0 Å². The van der Waals surface area contributed by atoms with E-state index in [9.17, 15) is 14.9 Å². The van der Waals surface area contributed by atoms with Gasteiger partial charge < -0.3 is 11.1 Å². The molecular weight excluding hydrogens is 380 g/mol. The summed E-state index contributed by atoms with van der Waals surface area (Å²) in [5.41, 5.74) is 8.40. The van der Waals surface area contributed by atoms with Gasteiger partial charge in [0.15, 0.2) is 0 Å². The topological polar surface area (TPSA) is 102 Å². The molecule has 150 valence electrons. The lowest BCUT2D eigenvalue weighted by molar-refractivity contribution is -0.385. The van der Waals surface area contributed by atoms with E-state index in [0.29, 0.717) is 24.3 Å². The number of nitrogens with one attached hydrogen (secondary N) is 1. The first-order valence-corrected chi connectivity index (χ1v) is 8.98. The molecule has 1 fully saturated rings. The van der Waals surface area contributed by atoms with Crippen molar-refractivity contribution >= 4 is 29.7 Å². The van der Waals surface area contributed by atoms with Gasteiger partial charge in [0.25, 0.3) is 5.69 Å². The fourth-order valence-electron chi connectivity index (χ4n) is 3.59. The number of likely N-dealkylation sites (tertiary alicyclic amines) is 1. The molecule has 1 amide bonds. The number of anilines is 1. The number of nitro benzene ring substituents is 1. The van der Waals surface area contributed by atoms with Gasteiger partial charge in [0.1, 0.15) is 0 Å². The highest BCUT2D eigenvalue weighted by atomic mass is 35.5. The minimum absolute atomic E-state index is 0. The fraction of sp³-hybridized carbons (Fsp3) is 0.350. The van der Waals surface area contributed by atoms with Crippen molar-refractivity contribution in [1.29, 1.82) is 0 Å². The largest absolute Gasteiger partial charge is 0.326 e. The second-order valence-electron chi connectivity index (χ2n) is 7.01. The molecule has 1 aliphatic rings. The van der Waals surface area contributed by atoms with E-state index in [-0.39, 0.29) is 42.0 Å². The summed E-state index contributed by atoms with van der Waals surface area (Å²) in [5, 5.41) is 13.9. The van der Waals surface area contributed by atoms with Crippen molar-refractivity contribution in [3.8, 4) is 0 Å². The van der Waals surface area contributed by atoms with Crippen LogP contribution in [-0.4, -0.2) is 40.9 Å². The van der Waals surface area contributed by atoms with Crippen molar-refractivity contribution in [1.82, 2.24) is 4.90 Å². The van der Waals surface area contributed by atoms with E-state index in [4.69, 9.17) is 5.73 Å². The van der Waals surface area contributed by atoms with Crippen LogP contribution in [0.25, 0.3) is 0 Å². The molecule has 7 nitrogen and oxygen atoms in total. The van der Waals surface area contributed by atoms with E-state index >= 15 is 0 Å². The number of carbonyl (C=O) groups is 1. The summed E-state index contributed by atoms with van der Waals surface area (Å²) in [6.07, 6.45) is 0. The number of nitrogens with zero attached hydrogens (tertiary/aromatic N) is 2. The van der Waals surface area contributed by atoms with E-state index in [1.165, 1.54) is 11.6 Å². The highest BCUT2D eigenvalue weighted by molar-refractivity contribution is 5.95. The summed E-state index contributed by atoms with van der Waals surface area (Å²) in [6.45, 7) is 4.80. The van der Waals surface area contributed by atoms with E-state index < -0.39 is 4.92 Å². The molecule has 1 heterocycles. The summed E-state index contributed by atoms with van der Waals surface area (Å²) in [5.74, 6) is -0.0134. The third-order valence-electron chi connectivity index (χ3n) is 5.31. The van der Waals surface area contributed by atoms with Gasteiger partial charge in [-0.2, -0.15) is 0 Å². The highest BCUT2D eigenvalue weighted by Crippen LogP contribution is 2.29. The standard InChI is InChI=1S/C20H24N4O3.ClH/c1-13-18(9-6-10-19(13)24(26)27)22-20(25)14(2)23-11-16(17(21)12-23)15-7-4-3-5-8-15;/h3-10,14,16-17H,11-12,21H2,1-2H3,(H,22,25);1H/t14?,16-,17+;/m0./s1. The van der Waals surface area contributed by atoms with Crippen LogP contribution in [0.1, 0.15) is 24.0 Å². The number of carbonyl (C=O) groups excluding carboxylic acids is 1. The van der Waals surface area contributed by atoms with Crippen molar-refractivity contribution in [2.45, 2.75) is 31.8 Å². The summed E-state index contributed by atoms with van der Waals surface area (Å²) in [6, 6.07) is 14.3. The van der Waals surface area contributed by atoms with Gasteiger partial charge in [-0.1, -0.05) is 36.4 Å². The molecule has 0 radical (unpaired) electrons. The predicted molar refractivity (Wildman–Crippen MR) is 112 cm³/mol. The number of hydrogen-bond acceptors (Lipinski definition) is 5. The maximum absolute atomic E-state index is 12.7. The summed E-state index contributed by atoms with van der Waals surface area (Å²) >= 11 is 0. The molecule has 0 aromatic heterocycles. The van der Waals surface area contributed by atoms with Crippen LogP contribution < -0.4 is 11.1 Å². The Hall–Kier alpha value is -2.48. The number of halogens is 1. The van der Waals surface area contributed by atoms with Gasteiger partial charge in [-0.05, 0) is 25.5 Å². The van der Waals surface area contributed by atoms with Gasteiger partial charge in [0.05, 0.1) is 22.2 Å². The minimum Gasteiger partial charge on any atom is -0.326 e. The monoisotopic (exact) mass is 404 g/mol. The zero-order valence-electron chi connectivity index (χ0n) is 15.9. The fourth-order valence-corrected chi connectivity index (χ4v) is 3.59. The maximum Gasteiger partial charge on any atom is 0.274 e. The molecule has 8 heteroatoms. The van der Waals surface area contributed by atoms with E-state index in [0.717, 1.165) is 0 Å². The zero-order chi connectivity index (χ0) is 19.6. The molecule has 0 spiro atoms. The molecule has 1 saturated heterocycles. The molecule has 0 saturated carbocycles. The minimum atomic E-state index is -0.446. The summed E-state index contributed by atoms with van der Waals surface area (Å²) < 4.78 is 0. The lowest BCUT2D eigenvalue weighted by atomic mass is 9.95. The predicted octanol–water partition coefficient (Wildman–Crippen LogP) is 3.08. The number of amides is 1. The smallest absolute Gasteiger partial charge is 0.274 e. The average Bonchev–Trinajstić information content (AvgIpc) is 3.05. The number of benzene rings is 2. The molecule has 3 rings (SSSR count). The molecule has 1 unspecified atom stereocenters. The van der Waals surface area contributed by atoms with Crippen LogP contribution in [0.5, 0.6) is 0 Å². The number of hydrogen-bond donors (Lipinski definition) is 2. The van der Waals surface area contributed by atoms with Gasteiger partial charge in [-0.25, -0.2) is 0 Å². The third-order valence-corrected chi connectivity index (χ3v) is 5.31. The zero-order valence-corrected chi connectivity index (χ0v) is 16.7. The third kappa shape index (κ3) is 4.49. The Balaban J connectivity index is 0.00000280. The number of nitrogens with two attached hydrogens (primary N) is 1. The Morgan fingerprint density at radius 1 is 1.21 bits per heavy atom. The van der Waals surface area contributed by atoms with Crippen LogP contribution in [0, 0.1) is 17.0 Å². The van der Waals surface area contributed by atoms with Gasteiger partial charge in [0, 0.05) is 31.1 Å². The average molecular weight is 405 g/mol. The van der Waals surface area contributed by atoms with Crippen LogP contribution in [0.3, 0.4) is 0 Å². The summed E-state index contributed by atoms with van der Waals surface area (Å²) in [4.78, 5) is 25.4. The summed E-state index contributed by atoms with van der Waals surface area (Å²) in [7, 11) is 0. The van der Waals surface area contributed by atoms with E-state index in [2.05, 4.69) is 22.3 Å². The van der Waals surface area contributed by atoms with Crippen molar-refractivity contribution in [3.05, 3.63) is 69.8 Å². The van der Waals surface area contributed by atoms with Crippen LogP contribution in [-0.2, 0) is 4.79 Å². The van der Waals surface area contributed by atoms with E-state index in [1.54, 1.807) is 19.1 Å². The second-order valence-corrected chi connectivity index (χ2v) is 7.01. The second kappa shape index (κ2) is 9.14. The molecule has 3 N–H and O–H groups in total. The molecule has 0 aliphatic carbocycles. The molecule has 1 aliphatic heterocycles. The van der Waals surface area contributed by atoms with Gasteiger partial charge in [0.2, 0.25) is 5.91 Å². The maximum atomic E-state index is 12.7. The Kier molecular flexibility index (Phi) is 7.12. The van der Waals surface area contributed by atoms with Gasteiger partial charge in [-0.3, -0.25) is 19.8 Å². The van der Waals surface area contributed by atoms with Gasteiger partial charge >= 0.3 is 0 Å². The Bertz CT molecular complexity index is 847. The quantitative estimate of drug-likeness (QED) is 0.589. The molecule has 2 aromatic rings. The molecule has 2 aromatic carbocycles. The lowest BCUT2D eigenvalue weighted by Gasteiger charge is -2.23. The number of rotatable bonds is 5. The molecule has 0 bridgehead atoms.